The van der Waals surface area contributed by atoms with Gasteiger partial charge in [-0.2, -0.15) is 0 Å². The van der Waals surface area contributed by atoms with Gasteiger partial charge in [-0.3, -0.25) is 4.79 Å². The van der Waals surface area contributed by atoms with E-state index < -0.39 is 0 Å². The number of likely N-dealkylation sites (tertiary alicyclic amines) is 1. The van der Waals surface area contributed by atoms with Crippen molar-refractivity contribution >= 4 is 5.91 Å². The van der Waals surface area contributed by atoms with Crippen molar-refractivity contribution in [3.8, 4) is 0 Å². The Hall–Kier alpha value is -2.28. The molecule has 1 unspecified atom stereocenters. The van der Waals surface area contributed by atoms with Crippen LogP contribution in [0.25, 0.3) is 0 Å². The lowest BCUT2D eigenvalue weighted by Crippen LogP contribution is -2.38. The fourth-order valence-corrected chi connectivity index (χ4v) is 4.76. The van der Waals surface area contributed by atoms with Gasteiger partial charge in [0.2, 0.25) is 5.91 Å². The Balaban J connectivity index is 1.57. The van der Waals surface area contributed by atoms with Crippen molar-refractivity contribution in [1.82, 2.24) is 19.7 Å². The van der Waals surface area contributed by atoms with E-state index in [1.807, 2.05) is 11.2 Å². The number of hydrogen-bond acceptors (Lipinski definition) is 4. The molecule has 2 saturated heterocycles. The van der Waals surface area contributed by atoms with Crippen molar-refractivity contribution in [3.63, 3.8) is 0 Å². The van der Waals surface area contributed by atoms with E-state index in [1.54, 1.807) is 12.1 Å². The summed E-state index contributed by atoms with van der Waals surface area (Å²) in [4.78, 5) is 15.0. The van der Waals surface area contributed by atoms with Gasteiger partial charge in [0.05, 0.1) is 6.42 Å². The van der Waals surface area contributed by atoms with E-state index in [1.165, 1.54) is 12.1 Å². The highest BCUT2D eigenvalue weighted by Crippen LogP contribution is 2.49. The van der Waals surface area contributed by atoms with Crippen molar-refractivity contribution in [2.24, 2.45) is 11.3 Å². The van der Waals surface area contributed by atoms with E-state index in [9.17, 15) is 9.18 Å². The number of nitrogens with zero attached hydrogens (tertiary/aromatic N) is 4. The maximum Gasteiger partial charge on any atom is 0.227 e. The summed E-state index contributed by atoms with van der Waals surface area (Å²) in [5.41, 5.74) is 0.821. The molecule has 1 atom stereocenters. The van der Waals surface area contributed by atoms with Gasteiger partial charge in [-0.25, -0.2) is 4.39 Å². The molecule has 1 aromatic carbocycles. The van der Waals surface area contributed by atoms with Crippen LogP contribution in [0.2, 0.25) is 0 Å². The first-order valence-electron chi connectivity index (χ1n) is 10.4. The quantitative estimate of drug-likeness (QED) is 0.774. The van der Waals surface area contributed by atoms with E-state index in [0.29, 0.717) is 12.5 Å². The molecular weight excluding hydrogens is 371 g/mol. The lowest BCUT2D eigenvalue weighted by Gasteiger charge is -2.37. The van der Waals surface area contributed by atoms with Crippen molar-refractivity contribution in [2.75, 3.05) is 26.3 Å². The Bertz CT molecular complexity index is 843. The molecule has 1 amide bonds. The molecule has 2 aliphatic rings. The number of halogens is 1. The normalized spacial score (nSPS) is 21.2. The Morgan fingerprint density at radius 1 is 1.28 bits per heavy atom. The Morgan fingerprint density at radius 3 is 2.69 bits per heavy atom. The van der Waals surface area contributed by atoms with Gasteiger partial charge < -0.3 is 14.2 Å². The second-order valence-electron chi connectivity index (χ2n) is 8.84. The van der Waals surface area contributed by atoms with Crippen LogP contribution < -0.4 is 0 Å². The molecule has 29 heavy (non-hydrogen) atoms. The summed E-state index contributed by atoms with van der Waals surface area (Å²) in [6.45, 7) is 8.04. The topological polar surface area (TPSA) is 60.2 Å². The number of benzene rings is 1. The van der Waals surface area contributed by atoms with Crippen LogP contribution in [-0.2, 0) is 22.5 Å². The van der Waals surface area contributed by atoms with Gasteiger partial charge in [-0.15, -0.1) is 10.2 Å². The van der Waals surface area contributed by atoms with Crippen LogP contribution in [0.4, 0.5) is 4.39 Å². The molecule has 6 nitrogen and oxygen atoms in total. The first-order chi connectivity index (χ1) is 14.0. The molecule has 0 radical (unpaired) electrons. The lowest BCUT2D eigenvalue weighted by molar-refractivity contribution is -0.130. The van der Waals surface area contributed by atoms with Gasteiger partial charge in [0.25, 0.3) is 0 Å². The lowest BCUT2D eigenvalue weighted by atomic mass is 9.71. The number of amides is 1. The summed E-state index contributed by atoms with van der Waals surface area (Å²) in [5, 5.41) is 8.67. The van der Waals surface area contributed by atoms with Crippen LogP contribution in [0.3, 0.4) is 0 Å². The average Bonchev–Trinajstić information content (AvgIpc) is 3.28. The molecule has 0 saturated carbocycles. The third-order valence-corrected chi connectivity index (χ3v) is 6.28. The number of rotatable bonds is 5. The van der Waals surface area contributed by atoms with E-state index >= 15 is 0 Å². The zero-order valence-corrected chi connectivity index (χ0v) is 17.2. The van der Waals surface area contributed by atoms with E-state index in [0.717, 1.165) is 50.5 Å². The van der Waals surface area contributed by atoms with Crippen LogP contribution in [0.1, 0.15) is 44.0 Å². The van der Waals surface area contributed by atoms with Gasteiger partial charge in [-0.1, -0.05) is 26.0 Å². The van der Waals surface area contributed by atoms with Crippen molar-refractivity contribution in [3.05, 3.63) is 47.8 Å². The molecule has 1 spiro atoms. The summed E-state index contributed by atoms with van der Waals surface area (Å²) in [6.07, 6.45) is 3.95. The van der Waals surface area contributed by atoms with Gasteiger partial charge in [0.15, 0.2) is 0 Å². The number of carbonyl (C=O) groups is 1. The molecular formula is C22H29FN4O2. The van der Waals surface area contributed by atoms with Crippen molar-refractivity contribution < 1.29 is 13.9 Å². The number of ether oxygens (including phenoxy) is 1. The molecule has 0 bridgehead atoms. The Morgan fingerprint density at radius 2 is 2.00 bits per heavy atom. The summed E-state index contributed by atoms with van der Waals surface area (Å²) in [5.74, 6) is 1.43. The first kappa shape index (κ1) is 20.0. The van der Waals surface area contributed by atoms with Gasteiger partial charge >= 0.3 is 0 Å². The van der Waals surface area contributed by atoms with Crippen LogP contribution in [0.15, 0.2) is 30.6 Å². The molecule has 0 aliphatic carbocycles. The molecule has 4 rings (SSSR count). The largest absolute Gasteiger partial charge is 0.381 e. The average molecular weight is 400 g/mol. The summed E-state index contributed by atoms with van der Waals surface area (Å²) >= 11 is 0. The van der Waals surface area contributed by atoms with Crippen LogP contribution in [0, 0.1) is 17.2 Å². The van der Waals surface area contributed by atoms with Crippen LogP contribution in [-0.4, -0.2) is 51.9 Å². The molecule has 2 aliphatic heterocycles. The Kier molecular flexibility index (Phi) is 5.67. The minimum atomic E-state index is -0.284. The van der Waals surface area contributed by atoms with Gasteiger partial charge in [0, 0.05) is 44.2 Å². The second-order valence-corrected chi connectivity index (χ2v) is 8.84. The maximum absolute atomic E-state index is 13.2. The van der Waals surface area contributed by atoms with Gasteiger partial charge in [0.1, 0.15) is 18.0 Å². The number of hydrogen-bond donors (Lipinski definition) is 0. The zero-order chi connectivity index (χ0) is 20.4. The smallest absolute Gasteiger partial charge is 0.227 e. The first-order valence-corrected chi connectivity index (χ1v) is 10.4. The van der Waals surface area contributed by atoms with Crippen LogP contribution >= 0.6 is 0 Å². The molecule has 156 valence electrons. The highest BCUT2D eigenvalue weighted by atomic mass is 19.1. The highest BCUT2D eigenvalue weighted by molar-refractivity contribution is 5.79. The third-order valence-electron chi connectivity index (χ3n) is 6.28. The van der Waals surface area contributed by atoms with Crippen molar-refractivity contribution in [2.45, 2.75) is 45.6 Å². The minimum Gasteiger partial charge on any atom is -0.381 e. The van der Waals surface area contributed by atoms with Crippen molar-refractivity contribution in [1.29, 1.82) is 0 Å². The fraction of sp³-hybridized carbons (Fsp3) is 0.591. The van der Waals surface area contributed by atoms with E-state index in [-0.39, 0.29) is 29.5 Å². The standard InChI is InChI=1S/C22H29FN4O2/c1-16(2)12-27-15-24-25-21(27)19-13-26(14-22(19)7-9-29-10-8-22)20(28)11-17-3-5-18(23)6-4-17/h3-6,15-16,19H,7-14H2,1-2H3. The maximum atomic E-state index is 13.2. The monoisotopic (exact) mass is 400 g/mol. The molecule has 2 aromatic rings. The molecule has 3 heterocycles. The predicted octanol–water partition coefficient (Wildman–Crippen LogP) is 3.04. The summed E-state index contributed by atoms with van der Waals surface area (Å²) in [6, 6.07) is 6.18. The highest BCUT2D eigenvalue weighted by Gasteiger charge is 2.50. The number of carbonyl (C=O) groups excluding carboxylic acids is 1. The third kappa shape index (κ3) is 4.20. The SMILES string of the molecule is CC(C)Cn1cnnc1C1CN(C(=O)Cc2ccc(F)cc2)CC12CCOCC2. The number of aromatic nitrogens is 3. The van der Waals surface area contributed by atoms with Gasteiger partial charge in [-0.05, 0) is 36.5 Å². The predicted molar refractivity (Wildman–Crippen MR) is 107 cm³/mol. The van der Waals surface area contributed by atoms with E-state index in [4.69, 9.17) is 4.74 Å². The zero-order valence-electron chi connectivity index (χ0n) is 17.2. The summed E-state index contributed by atoms with van der Waals surface area (Å²) in [7, 11) is 0. The van der Waals surface area contributed by atoms with Crippen LogP contribution in [0.5, 0.6) is 0 Å². The molecule has 7 heteroatoms. The molecule has 1 aromatic heterocycles. The second kappa shape index (κ2) is 8.22. The molecule has 0 N–H and O–H groups in total. The Labute approximate surface area is 171 Å². The summed E-state index contributed by atoms with van der Waals surface area (Å²) < 4.78 is 21.0. The van der Waals surface area contributed by atoms with E-state index in [2.05, 4.69) is 28.6 Å². The molecule has 2 fully saturated rings. The minimum absolute atomic E-state index is 0.0154. The fourth-order valence-electron chi connectivity index (χ4n) is 4.76.